The molecule has 0 saturated carbocycles. The second-order valence-corrected chi connectivity index (χ2v) is 9.69. The maximum Gasteiger partial charge on any atom is 0.222 e. The van der Waals surface area contributed by atoms with E-state index in [1.54, 1.807) is 30.3 Å². The number of ether oxygens (including phenoxy) is 1. The van der Waals surface area contributed by atoms with Crippen LogP contribution in [0.2, 0.25) is 10.0 Å². The van der Waals surface area contributed by atoms with E-state index in [2.05, 4.69) is 20.5 Å². The van der Waals surface area contributed by atoms with Crippen molar-refractivity contribution in [1.82, 2.24) is 10.2 Å². The van der Waals surface area contributed by atoms with Gasteiger partial charge in [0.1, 0.15) is 11.5 Å². The average Bonchev–Trinajstić information content (AvgIpc) is 3.41. The lowest BCUT2D eigenvalue weighted by atomic mass is 10.0. The molecule has 4 N–H and O–H groups in total. The monoisotopic (exact) mass is 539 g/mol. The molecule has 1 amide bonds. The number of benzene rings is 3. The Morgan fingerprint density at radius 3 is 2.38 bits per heavy atom. The number of aliphatic imine (C=N–C) groups is 1. The van der Waals surface area contributed by atoms with Crippen LogP contribution in [0, 0.1) is 0 Å². The highest BCUT2D eigenvalue weighted by atomic mass is 35.5. The number of hydrogen-bond donors (Lipinski definition) is 3. The van der Waals surface area contributed by atoms with Crippen LogP contribution in [0.1, 0.15) is 30.9 Å². The van der Waals surface area contributed by atoms with Crippen LogP contribution in [0.3, 0.4) is 0 Å². The predicted octanol–water partition coefficient (Wildman–Crippen LogP) is 5.86. The molecule has 3 aromatic carbocycles. The fraction of sp³-hybridized carbons (Fsp3) is 0.286. The summed E-state index contributed by atoms with van der Waals surface area (Å²) in [5.41, 5.74) is 7.90. The summed E-state index contributed by atoms with van der Waals surface area (Å²) >= 11 is 12.0. The van der Waals surface area contributed by atoms with E-state index in [0.717, 1.165) is 30.9 Å². The van der Waals surface area contributed by atoms with Gasteiger partial charge in [-0.2, -0.15) is 0 Å². The van der Waals surface area contributed by atoms with Gasteiger partial charge in [0.05, 0.1) is 22.5 Å². The summed E-state index contributed by atoms with van der Waals surface area (Å²) in [6, 6.07) is 21.7. The number of amides is 1. The zero-order chi connectivity index (χ0) is 26.0. The lowest BCUT2D eigenvalue weighted by molar-refractivity contribution is -0.121. The van der Waals surface area contributed by atoms with Gasteiger partial charge >= 0.3 is 0 Å². The summed E-state index contributed by atoms with van der Waals surface area (Å²) in [6.07, 6.45) is 2.68. The Bertz CT molecular complexity index is 1200. The van der Waals surface area contributed by atoms with E-state index in [0.29, 0.717) is 28.1 Å². The highest BCUT2D eigenvalue weighted by Crippen LogP contribution is 2.30. The van der Waals surface area contributed by atoms with Crippen molar-refractivity contribution in [1.29, 1.82) is 0 Å². The van der Waals surface area contributed by atoms with E-state index in [4.69, 9.17) is 33.7 Å². The summed E-state index contributed by atoms with van der Waals surface area (Å²) in [5, 5.41) is 7.02. The molecule has 0 bridgehead atoms. The molecule has 1 saturated heterocycles. The summed E-state index contributed by atoms with van der Waals surface area (Å²) < 4.78 is 5.83. The topological polar surface area (TPSA) is 92.0 Å². The number of rotatable bonds is 10. The molecule has 4 rings (SSSR count). The molecule has 0 radical (unpaired) electrons. The van der Waals surface area contributed by atoms with E-state index in [-0.39, 0.29) is 18.3 Å². The second kappa shape index (κ2) is 13.3. The van der Waals surface area contributed by atoms with Crippen LogP contribution < -0.4 is 21.1 Å². The van der Waals surface area contributed by atoms with Crippen LogP contribution in [0.25, 0.3) is 0 Å². The Labute approximate surface area is 227 Å². The molecule has 194 valence electrons. The SMILES string of the molecule is NC(=NC(CC(=O)NCCN1CCCC1)c1ccccc1)Nc1ccc(Oc2ccc(Cl)c(Cl)c2)cc1. The Morgan fingerprint density at radius 2 is 1.68 bits per heavy atom. The number of anilines is 1. The Balaban J connectivity index is 1.36. The number of carbonyl (C=O) groups is 1. The number of likely N-dealkylation sites (tertiary alicyclic amines) is 1. The van der Waals surface area contributed by atoms with Crippen molar-refractivity contribution in [3.8, 4) is 11.5 Å². The molecular formula is C28H31Cl2N5O2. The van der Waals surface area contributed by atoms with Crippen LogP contribution in [-0.4, -0.2) is 42.9 Å². The highest BCUT2D eigenvalue weighted by Gasteiger charge is 2.17. The summed E-state index contributed by atoms with van der Waals surface area (Å²) in [7, 11) is 0. The molecular weight excluding hydrogens is 509 g/mol. The van der Waals surface area contributed by atoms with Crippen molar-refractivity contribution in [3.63, 3.8) is 0 Å². The van der Waals surface area contributed by atoms with Crippen LogP contribution in [0.4, 0.5) is 5.69 Å². The average molecular weight is 540 g/mol. The smallest absolute Gasteiger partial charge is 0.222 e. The molecule has 9 heteroatoms. The molecule has 7 nitrogen and oxygen atoms in total. The zero-order valence-electron chi connectivity index (χ0n) is 20.5. The van der Waals surface area contributed by atoms with Crippen molar-refractivity contribution in [3.05, 3.63) is 88.4 Å². The lowest BCUT2D eigenvalue weighted by Gasteiger charge is -2.17. The van der Waals surface area contributed by atoms with Gasteiger partial charge in [-0.3, -0.25) is 4.79 Å². The minimum absolute atomic E-state index is 0.0478. The molecule has 0 spiro atoms. The van der Waals surface area contributed by atoms with Gasteiger partial charge in [0.25, 0.3) is 0 Å². The zero-order valence-corrected chi connectivity index (χ0v) is 22.0. The number of nitrogens with one attached hydrogen (secondary N) is 2. The first kappa shape index (κ1) is 26.8. The predicted molar refractivity (Wildman–Crippen MR) is 151 cm³/mol. The number of hydrogen-bond acceptors (Lipinski definition) is 4. The third-order valence-corrected chi connectivity index (χ3v) is 6.80. The fourth-order valence-corrected chi connectivity index (χ4v) is 4.44. The van der Waals surface area contributed by atoms with Gasteiger partial charge < -0.3 is 26.0 Å². The summed E-state index contributed by atoms with van der Waals surface area (Å²) in [4.78, 5) is 19.7. The number of nitrogens with two attached hydrogens (primary N) is 1. The first-order valence-electron chi connectivity index (χ1n) is 12.3. The van der Waals surface area contributed by atoms with E-state index in [1.165, 1.54) is 12.8 Å². The maximum atomic E-state index is 12.7. The molecule has 0 aromatic heterocycles. The number of nitrogens with zero attached hydrogens (tertiary/aromatic N) is 2. The van der Waals surface area contributed by atoms with Gasteiger partial charge in [0.2, 0.25) is 5.91 Å². The van der Waals surface area contributed by atoms with Crippen molar-refractivity contribution in [2.24, 2.45) is 10.7 Å². The van der Waals surface area contributed by atoms with Gasteiger partial charge in [0.15, 0.2) is 5.96 Å². The highest BCUT2D eigenvalue weighted by molar-refractivity contribution is 6.42. The second-order valence-electron chi connectivity index (χ2n) is 8.87. The van der Waals surface area contributed by atoms with Gasteiger partial charge in [-0.1, -0.05) is 53.5 Å². The van der Waals surface area contributed by atoms with E-state index < -0.39 is 6.04 Å². The first-order chi connectivity index (χ1) is 18.0. The molecule has 1 fully saturated rings. The third-order valence-electron chi connectivity index (χ3n) is 6.06. The third kappa shape index (κ3) is 8.39. The van der Waals surface area contributed by atoms with Crippen LogP contribution in [-0.2, 0) is 4.79 Å². The first-order valence-corrected chi connectivity index (χ1v) is 13.1. The Hall–Kier alpha value is -3.26. The summed E-state index contributed by atoms with van der Waals surface area (Å²) in [6.45, 7) is 3.73. The molecule has 0 aliphatic carbocycles. The van der Waals surface area contributed by atoms with E-state index in [9.17, 15) is 4.79 Å². The van der Waals surface area contributed by atoms with E-state index in [1.807, 2.05) is 42.5 Å². The van der Waals surface area contributed by atoms with Crippen molar-refractivity contribution in [2.75, 3.05) is 31.5 Å². The van der Waals surface area contributed by atoms with Gasteiger partial charge in [-0.05, 0) is 67.9 Å². The molecule has 1 heterocycles. The maximum absolute atomic E-state index is 12.7. The Morgan fingerprint density at radius 1 is 0.973 bits per heavy atom. The molecule has 1 unspecified atom stereocenters. The van der Waals surface area contributed by atoms with E-state index >= 15 is 0 Å². The van der Waals surface area contributed by atoms with Crippen molar-refractivity contribution in [2.45, 2.75) is 25.3 Å². The van der Waals surface area contributed by atoms with Crippen molar-refractivity contribution < 1.29 is 9.53 Å². The largest absolute Gasteiger partial charge is 0.457 e. The van der Waals surface area contributed by atoms with Crippen LogP contribution in [0.15, 0.2) is 77.8 Å². The summed E-state index contributed by atoms with van der Waals surface area (Å²) in [5.74, 6) is 1.39. The van der Waals surface area contributed by atoms with Crippen LogP contribution >= 0.6 is 23.2 Å². The normalized spacial score (nSPS) is 14.8. The minimum atomic E-state index is -0.405. The van der Waals surface area contributed by atoms with Gasteiger partial charge in [-0.25, -0.2) is 4.99 Å². The van der Waals surface area contributed by atoms with Crippen LogP contribution in [0.5, 0.6) is 11.5 Å². The van der Waals surface area contributed by atoms with Crippen molar-refractivity contribution >= 4 is 40.8 Å². The van der Waals surface area contributed by atoms with Gasteiger partial charge in [-0.15, -0.1) is 0 Å². The molecule has 3 aromatic rings. The Kier molecular flexibility index (Phi) is 9.65. The van der Waals surface area contributed by atoms with Gasteiger partial charge in [0, 0.05) is 24.8 Å². The molecule has 1 aliphatic heterocycles. The molecule has 1 aliphatic rings. The lowest BCUT2D eigenvalue weighted by Crippen LogP contribution is -2.34. The molecule has 1 atom stereocenters. The number of halogens is 2. The molecule has 37 heavy (non-hydrogen) atoms. The number of carbonyl (C=O) groups excluding carboxylic acids is 1. The number of guanidine groups is 1. The quantitative estimate of drug-likeness (QED) is 0.222. The minimum Gasteiger partial charge on any atom is -0.457 e. The standard InChI is InChI=1S/C28H31Cl2N5O2/c29-24-13-12-23(18-25(24)30)37-22-10-8-21(9-11-22)33-28(31)34-26(20-6-2-1-3-7-20)19-27(36)32-14-17-35-15-4-5-16-35/h1-3,6-13,18,26H,4-5,14-17,19H2,(H,32,36)(H3,31,33,34). The fourth-order valence-electron chi connectivity index (χ4n) is 4.15.